The normalized spacial score (nSPS) is 19.1. The molecule has 2 aromatic heterocycles. The fourth-order valence-electron chi connectivity index (χ4n) is 3.00. The minimum Gasteiger partial charge on any atom is -0.390 e. The molecule has 3 heterocycles. The van der Waals surface area contributed by atoms with Gasteiger partial charge in [-0.25, -0.2) is 9.97 Å². The zero-order valence-electron chi connectivity index (χ0n) is 13.3. The lowest BCUT2D eigenvalue weighted by Gasteiger charge is -2.32. The summed E-state index contributed by atoms with van der Waals surface area (Å²) in [5, 5.41) is 17.9. The van der Waals surface area contributed by atoms with E-state index in [4.69, 9.17) is 5.11 Å². The summed E-state index contributed by atoms with van der Waals surface area (Å²) in [7, 11) is 0. The molecule has 0 amide bonds. The van der Waals surface area contributed by atoms with Crippen molar-refractivity contribution in [2.75, 3.05) is 19.3 Å². The van der Waals surface area contributed by atoms with Crippen molar-refractivity contribution in [2.24, 2.45) is 5.92 Å². The van der Waals surface area contributed by atoms with E-state index in [2.05, 4.69) is 25.2 Å². The number of aliphatic hydroxyl groups excluding tert-OH is 1. The second-order valence-corrected chi connectivity index (χ2v) is 6.68. The van der Waals surface area contributed by atoms with Crippen LogP contribution < -0.4 is 0 Å². The first-order valence-corrected chi connectivity index (χ1v) is 9.06. The van der Waals surface area contributed by atoms with Gasteiger partial charge in [0.25, 0.3) is 0 Å². The number of aliphatic hydroxyl groups is 1. The highest BCUT2D eigenvalue weighted by Crippen LogP contribution is 2.20. The van der Waals surface area contributed by atoms with Crippen LogP contribution in [0.1, 0.15) is 24.1 Å². The molecule has 0 bridgehead atoms. The Balaban J connectivity index is 1.54. The van der Waals surface area contributed by atoms with Crippen LogP contribution in [0.3, 0.4) is 0 Å². The summed E-state index contributed by atoms with van der Waals surface area (Å²) in [5.41, 5.74) is 1.79. The van der Waals surface area contributed by atoms with E-state index in [1.165, 1.54) is 12.8 Å². The molecule has 1 N–H and O–H groups in total. The summed E-state index contributed by atoms with van der Waals surface area (Å²) in [6.45, 7) is 3.84. The van der Waals surface area contributed by atoms with Gasteiger partial charge >= 0.3 is 0 Å². The maximum absolute atomic E-state index is 9.06. The van der Waals surface area contributed by atoms with Crippen molar-refractivity contribution >= 4 is 11.8 Å². The Morgan fingerprint density at radius 3 is 2.87 bits per heavy atom. The lowest BCUT2D eigenvalue weighted by molar-refractivity contribution is 0.152. The van der Waals surface area contributed by atoms with Gasteiger partial charge < -0.3 is 5.11 Å². The van der Waals surface area contributed by atoms with Crippen LogP contribution in [0.4, 0.5) is 0 Å². The largest absolute Gasteiger partial charge is 0.390 e. The van der Waals surface area contributed by atoms with Crippen molar-refractivity contribution in [3.05, 3.63) is 29.8 Å². The number of rotatable bonds is 6. The summed E-state index contributed by atoms with van der Waals surface area (Å²) in [6, 6.07) is 0. The van der Waals surface area contributed by atoms with Crippen molar-refractivity contribution < 1.29 is 5.11 Å². The van der Waals surface area contributed by atoms with Crippen LogP contribution in [0, 0.1) is 5.92 Å². The van der Waals surface area contributed by atoms with Crippen molar-refractivity contribution in [1.82, 2.24) is 29.9 Å². The van der Waals surface area contributed by atoms with E-state index in [1.54, 1.807) is 11.8 Å². The highest BCUT2D eigenvalue weighted by molar-refractivity contribution is 7.98. The molecule has 2 aromatic rings. The Morgan fingerprint density at radius 2 is 2.17 bits per heavy atom. The number of hydrogen-bond donors (Lipinski definition) is 1. The van der Waals surface area contributed by atoms with Gasteiger partial charge in [-0.3, -0.25) is 9.58 Å². The van der Waals surface area contributed by atoms with Crippen LogP contribution in [0.25, 0.3) is 0 Å². The Labute approximate surface area is 140 Å². The highest BCUT2D eigenvalue weighted by atomic mass is 32.2. The van der Waals surface area contributed by atoms with Crippen LogP contribution in [0.15, 0.2) is 23.7 Å². The third-order valence-corrected chi connectivity index (χ3v) is 4.64. The van der Waals surface area contributed by atoms with E-state index in [9.17, 15) is 0 Å². The first-order valence-electron chi connectivity index (χ1n) is 7.84. The van der Waals surface area contributed by atoms with Gasteiger partial charge in [-0.05, 0) is 31.6 Å². The van der Waals surface area contributed by atoms with Crippen molar-refractivity contribution in [3.8, 4) is 0 Å². The molecular formula is C15H22N6OS. The molecule has 0 radical (unpaired) electrons. The molecule has 1 aliphatic heterocycles. The van der Waals surface area contributed by atoms with Crippen LogP contribution in [0.2, 0.25) is 0 Å². The summed E-state index contributed by atoms with van der Waals surface area (Å²) in [6.07, 6.45) is 10.0. The molecule has 0 spiro atoms. The second kappa shape index (κ2) is 7.85. The van der Waals surface area contributed by atoms with Gasteiger partial charge in [-0.1, -0.05) is 17.0 Å². The lowest BCUT2D eigenvalue weighted by Crippen LogP contribution is -2.36. The number of likely N-dealkylation sites (tertiary alicyclic amines) is 1. The average molecular weight is 334 g/mol. The van der Waals surface area contributed by atoms with Gasteiger partial charge in [0, 0.05) is 37.6 Å². The maximum Gasteiger partial charge on any atom is 0.187 e. The van der Waals surface area contributed by atoms with Crippen molar-refractivity contribution in [3.63, 3.8) is 0 Å². The quantitative estimate of drug-likeness (QED) is 0.628. The first-order chi connectivity index (χ1) is 11.3. The maximum atomic E-state index is 9.06. The fraction of sp³-hybridized carbons (Fsp3) is 0.600. The second-order valence-electron chi connectivity index (χ2n) is 5.91. The lowest BCUT2D eigenvalue weighted by atomic mass is 9.98. The van der Waals surface area contributed by atoms with Crippen LogP contribution in [0.5, 0.6) is 0 Å². The van der Waals surface area contributed by atoms with E-state index < -0.39 is 0 Å². The summed E-state index contributed by atoms with van der Waals surface area (Å²) < 4.78 is 1.84. The van der Waals surface area contributed by atoms with E-state index in [0.717, 1.165) is 36.9 Å². The average Bonchev–Trinajstić information content (AvgIpc) is 3.03. The van der Waals surface area contributed by atoms with E-state index in [0.29, 0.717) is 11.6 Å². The number of thioether (sulfide) groups is 1. The zero-order chi connectivity index (χ0) is 16.1. The Kier molecular flexibility index (Phi) is 5.58. The molecule has 124 valence electrons. The predicted molar refractivity (Wildman–Crippen MR) is 87.8 cm³/mol. The minimum atomic E-state index is -0.0527. The van der Waals surface area contributed by atoms with Gasteiger partial charge in [0.1, 0.15) is 5.69 Å². The number of nitrogens with zero attached hydrogens (tertiary/aromatic N) is 6. The Morgan fingerprint density at radius 1 is 1.35 bits per heavy atom. The SMILES string of the molecule is CSc1ncc(CN2CCC[C@@H](Cn3cc(CO)nn3)C2)cn1. The molecule has 23 heavy (non-hydrogen) atoms. The molecule has 0 saturated carbocycles. The van der Waals surface area contributed by atoms with Crippen LogP contribution >= 0.6 is 11.8 Å². The smallest absolute Gasteiger partial charge is 0.187 e. The fourth-order valence-corrected chi connectivity index (χ4v) is 3.31. The third kappa shape index (κ3) is 4.49. The minimum absolute atomic E-state index is 0.0527. The Hall–Kier alpha value is -1.51. The van der Waals surface area contributed by atoms with E-state index in [-0.39, 0.29) is 6.61 Å². The molecule has 1 saturated heterocycles. The van der Waals surface area contributed by atoms with Gasteiger partial charge in [0.05, 0.1) is 12.8 Å². The molecule has 7 nitrogen and oxygen atoms in total. The number of hydrogen-bond acceptors (Lipinski definition) is 7. The molecule has 0 aliphatic carbocycles. The molecule has 1 fully saturated rings. The molecule has 3 rings (SSSR count). The van der Waals surface area contributed by atoms with Crippen molar-refractivity contribution in [1.29, 1.82) is 0 Å². The monoisotopic (exact) mass is 334 g/mol. The van der Waals surface area contributed by atoms with E-state index in [1.807, 2.05) is 29.5 Å². The topological polar surface area (TPSA) is 80.0 Å². The molecule has 1 atom stereocenters. The van der Waals surface area contributed by atoms with Crippen LogP contribution in [-0.2, 0) is 19.7 Å². The molecule has 1 aliphatic rings. The third-order valence-electron chi connectivity index (χ3n) is 4.07. The Bertz CT molecular complexity index is 617. The van der Waals surface area contributed by atoms with Crippen molar-refractivity contribution in [2.45, 2.75) is 37.7 Å². The van der Waals surface area contributed by atoms with E-state index >= 15 is 0 Å². The summed E-state index contributed by atoms with van der Waals surface area (Å²) in [4.78, 5) is 11.1. The number of aromatic nitrogens is 5. The zero-order valence-corrected chi connectivity index (χ0v) is 14.1. The van der Waals surface area contributed by atoms with Gasteiger partial charge in [0.2, 0.25) is 0 Å². The molecule has 0 unspecified atom stereocenters. The predicted octanol–water partition coefficient (Wildman–Crippen LogP) is 1.19. The summed E-state index contributed by atoms with van der Waals surface area (Å²) in [5.74, 6) is 0.559. The molecule has 0 aromatic carbocycles. The first kappa shape index (κ1) is 16.4. The van der Waals surface area contributed by atoms with Gasteiger partial charge in [-0.15, -0.1) is 5.10 Å². The van der Waals surface area contributed by atoms with Gasteiger partial charge in [-0.2, -0.15) is 0 Å². The number of piperidine rings is 1. The highest BCUT2D eigenvalue weighted by Gasteiger charge is 2.21. The molecule has 8 heteroatoms. The van der Waals surface area contributed by atoms with Crippen LogP contribution in [-0.4, -0.2) is 54.3 Å². The standard InChI is InChI=1S/C15H22N6OS/c1-23-15-16-5-13(6-17-15)8-20-4-2-3-12(7-20)9-21-10-14(11-22)18-19-21/h5-6,10,12,22H,2-4,7-9,11H2,1H3/t12-/m1/s1. The molecular weight excluding hydrogens is 312 g/mol. The van der Waals surface area contributed by atoms with Gasteiger partial charge in [0.15, 0.2) is 5.16 Å². The summed E-state index contributed by atoms with van der Waals surface area (Å²) >= 11 is 1.56.